The van der Waals surface area contributed by atoms with Crippen LogP contribution in [-0.4, -0.2) is 32.8 Å². The van der Waals surface area contributed by atoms with Crippen molar-refractivity contribution in [3.63, 3.8) is 0 Å². The molecule has 1 heterocycles. The molecule has 0 saturated heterocycles. The van der Waals surface area contributed by atoms with Gasteiger partial charge in [-0.25, -0.2) is 0 Å². The molecule has 1 fully saturated rings. The highest BCUT2D eigenvalue weighted by atomic mass is 16.4. The Morgan fingerprint density at radius 1 is 1.41 bits per heavy atom. The highest BCUT2D eigenvalue weighted by Crippen LogP contribution is 2.33. The van der Waals surface area contributed by atoms with Gasteiger partial charge in [-0.1, -0.05) is 19.3 Å². The molecule has 122 valence electrons. The van der Waals surface area contributed by atoms with Gasteiger partial charge in [0, 0.05) is 31.6 Å². The molecule has 1 atom stereocenters. The van der Waals surface area contributed by atoms with E-state index in [2.05, 4.69) is 10.4 Å². The largest absolute Gasteiger partial charge is 0.481 e. The minimum absolute atomic E-state index is 0.0595. The van der Waals surface area contributed by atoms with Crippen LogP contribution in [0, 0.1) is 0 Å². The summed E-state index contributed by atoms with van der Waals surface area (Å²) in [5, 5.41) is 16.1. The second-order valence-corrected chi connectivity index (χ2v) is 6.24. The number of carbonyl (C=O) groups is 2. The molecular formula is C16H25N3O3. The number of amides is 1. The van der Waals surface area contributed by atoms with Crippen molar-refractivity contribution in [3.8, 4) is 0 Å². The van der Waals surface area contributed by atoms with Gasteiger partial charge in [0.1, 0.15) is 0 Å². The van der Waals surface area contributed by atoms with Gasteiger partial charge in [-0.05, 0) is 26.2 Å². The normalized spacial score (nSPS) is 17.2. The highest BCUT2D eigenvalue weighted by Gasteiger charge is 2.25. The van der Waals surface area contributed by atoms with Crippen molar-refractivity contribution < 1.29 is 14.7 Å². The van der Waals surface area contributed by atoms with Crippen LogP contribution in [0.3, 0.4) is 0 Å². The lowest BCUT2D eigenvalue weighted by Gasteiger charge is -2.21. The van der Waals surface area contributed by atoms with E-state index in [0.717, 1.165) is 18.5 Å². The summed E-state index contributed by atoms with van der Waals surface area (Å²) < 4.78 is 1.70. The third kappa shape index (κ3) is 4.32. The molecule has 6 nitrogen and oxygen atoms in total. The molecular weight excluding hydrogens is 282 g/mol. The number of hydrogen-bond donors (Lipinski definition) is 2. The zero-order valence-corrected chi connectivity index (χ0v) is 13.3. The SMILES string of the molecule is CC(CCC(=O)O)NC(=O)c1cn(C)nc1C1CCCCC1. The summed E-state index contributed by atoms with van der Waals surface area (Å²) in [5.74, 6) is -0.623. The van der Waals surface area contributed by atoms with Gasteiger partial charge in [-0.2, -0.15) is 5.10 Å². The van der Waals surface area contributed by atoms with E-state index in [1.165, 1.54) is 19.3 Å². The van der Waals surface area contributed by atoms with Crippen LogP contribution in [0.25, 0.3) is 0 Å². The maximum atomic E-state index is 12.5. The Labute approximate surface area is 130 Å². The molecule has 0 aliphatic heterocycles. The van der Waals surface area contributed by atoms with E-state index in [0.29, 0.717) is 17.9 Å². The first-order valence-electron chi connectivity index (χ1n) is 8.03. The van der Waals surface area contributed by atoms with Crippen molar-refractivity contribution in [2.75, 3.05) is 0 Å². The first-order valence-corrected chi connectivity index (χ1v) is 8.03. The topological polar surface area (TPSA) is 84.2 Å². The maximum absolute atomic E-state index is 12.5. The number of rotatable bonds is 6. The van der Waals surface area contributed by atoms with E-state index >= 15 is 0 Å². The van der Waals surface area contributed by atoms with E-state index in [1.807, 2.05) is 14.0 Å². The number of aliphatic carboxylic acids is 1. The summed E-state index contributed by atoms with van der Waals surface area (Å²) in [7, 11) is 1.83. The van der Waals surface area contributed by atoms with Crippen molar-refractivity contribution in [2.24, 2.45) is 7.05 Å². The molecule has 0 radical (unpaired) electrons. The average molecular weight is 307 g/mol. The van der Waals surface area contributed by atoms with Crippen LogP contribution in [0.5, 0.6) is 0 Å². The van der Waals surface area contributed by atoms with Gasteiger partial charge in [-0.15, -0.1) is 0 Å². The van der Waals surface area contributed by atoms with Crippen LogP contribution in [0.4, 0.5) is 0 Å². The molecule has 0 bridgehead atoms. The number of aromatic nitrogens is 2. The van der Waals surface area contributed by atoms with Crippen LogP contribution in [-0.2, 0) is 11.8 Å². The fourth-order valence-electron chi connectivity index (χ4n) is 3.07. The Kier molecular flexibility index (Phi) is 5.57. The number of nitrogens with one attached hydrogen (secondary N) is 1. The average Bonchev–Trinajstić information content (AvgIpc) is 2.88. The minimum atomic E-state index is -0.842. The molecule has 1 saturated carbocycles. The molecule has 0 aromatic carbocycles. The van der Waals surface area contributed by atoms with Crippen molar-refractivity contribution in [1.82, 2.24) is 15.1 Å². The molecule has 1 amide bonds. The van der Waals surface area contributed by atoms with E-state index in [-0.39, 0.29) is 18.4 Å². The van der Waals surface area contributed by atoms with Crippen LogP contribution < -0.4 is 5.32 Å². The van der Waals surface area contributed by atoms with Gasteiger partial charge >= 0.3 is 5.97 Å². The molecule has 1 aliphatic carbocycles. The molecule has 1 aromatic heterocycles. The summed E-state index contributed by atoms with van der Waals surface area (Å²) in [5.41, 5.74) is 1.53. The predicted octanol–water partition coefficient (Wildman–Crippen LogP) is 2.45. The van der Waals surface area contributed by atoms with Crippen molar-refractivity contribution in [2.45, 2.75) is 63.8 Å². The summed E-state index contributed by atoms with van der Waals surface area (Å²) >= 11 is 0. The highest BCUT2D eigenvalue weighted by molar-refractivity contribution is 5.95. The van der Waals surface area contributed by atoms with Gasteiger partial charge in [0.15, 0.2) is 0 Å². The Hall–Kier alpha value is -1.85. The fourth-order valence-corrected chi connectivity index (χ4v) is 3.07. The number of aryl methyl sites for hydroxylation is 1. The third-order valence-corrected chi connectivity index (χ3v) is 4.26. The summed E-state index contributed by atoms with van der Waals surface area (Å²) in [6.07, 6.45) is 8.08. The smallest absolute Gasteiger partial charge is 0.303 e. The number of carbonyl (C=O) groups excluding carboxylic acids is 1. The Balaban J connectivity index is 2.04. The molecule has 1 unspecified atom stereocenters. The lowest BCUT2D eigenvalue weighted by molar-refractivity contribution is -0.137. The lowest BCUT2D eigenvalue weighted by atomic mass is 9.85. The standard InChI is InChI=1S/C16H25N3O3/c1-11(8-9-14(20)21)17-16(22)13-10-19(2)18-15(13)12-6-4-3-5-7-12/h10-12H,3-9H2,1-2H3,(H,17,22)(H,20,21). The number of nitrogens with zero attached hydrogens (tertiary/aromatic N) is 2. The van der Waals surface area contributed by atoms with E-state index < -0.39 is 5.97 Å². The second kappa shape index (κ2) is 7.42. The van der Waals surface area contributed by atoms with Crippen molar-refractivity contribution >= 4 is 11.9 Å². The fraction of sp³-hybridized carbons (Fsp3) is 0.688. The van der Waals surface area contributed by atoms with Crippen molar-refractivity contribution in [1.29, 1.82) is 0 Å². The number of carboxylic acid groups (broad SMARTS) is 1. The van der Waals surface area contributed by atoms with Crippen molar-refractivity contribution in [3.05, 3.63) is 17.5 Å². The maximum Gasteiger partial charge on any atom is 0.303 e. The minimum Gasteiger partial charge on any atom is -0.481 e. The molecule has 2 N–H and O–H groups in total. The summed E-state index contributed by atoms with van der Waals surface area (Å²) in [6.45, 7) is 1.83. The molecule has 2 rings (SSSR count). The Morgan fingerprint density at radius 2 is 2.09 bits per heavy atom. The molecule has 22 heavy (non-hydrogen) atoms. The van der Waals surface area contributed by atoms with Crippen LogP contribution >= 0.6 is 0 Å². The first-order chi connectivity index (χ1) is 10.5. The third-order valence-electron chi connectivity index (χ3n) is 4.26. The zero-order chi connectivity index (χ0) is 16.1. The van der Waals surface area contributed by atoms with Crippen LogP contribution in [0.1, 0.15) is 73.8 Å². The number of carboxylic acids is 1. The monoisotopic (exact) mass is 307 g/mol. The van der Waals surface area contributed by atoms with E-state index in [9.17, 15) is 9.59 Å². The summed E-state index contributed by atoms with van der Waals surface area (Å²) in [4.78, 5) is 23.1. The number of hydrogen-bond acceptors (Lipinski definition) is 3. The lowest BCUT2D eigenvalue weighted by Crippen LogP contribution is -2.33. The van der Waals surface area contributed by atoms with Crippen LogP contribution in [0.15, 0.2) is 6.20 Å². The van der Waals surface area contributed by atoms with Gasteiger partial charge in [0.2, 0.25) is 0 Å². The van der Waals surface area contributed by atoms with Crippen LogP contribution in [0.2, 0.25) is 0 Å². The van der Waals surface area contributed by atoms with E-state index in [4.69, 9.17) is 5.11 Å². The second-order valence-electron chi connectivity index (χ2n) is 6.24. The molecule has 6 heteroatoms. The van der Waals surface area contributed by atoms with Gasteiger partial charge in [0.25, 0.3) is 5.91 Å². The first kappa shape index (κ1) is 16.5. The summed E-state index contributed by atoms with van der Waals surface area (Å²) in [6, 6.07) is -0.164. The van der Waals surface area contributed by atoms with Gasteiger partial charge < -0.3 is 10.4 Å². The predicted molar refractivity (Wildman–Crippen MR) is 82.8 cm³/mol. The van der Waals surface area contributed by atoms with E-state index in [1.54, 1.807) is 10.9 Å². The van der Waals surface area contributed by atoms with Gasteiger partial charge in [-0.3, -0.25) is 14.3 Å². The van der Waals surface area contributed by atoms with Gasteiger partial charge in [0.05, 0.1) is 11.3 Å². The zero-order valence-electron chi connectivity index (χ0n) is 13.3. The molecule has 1 aromatic rings. The Morgan fingerprint density at radius 3 is 2.73 bits per heavy atom. The molecule has 0 spiro atoms. The Bertz CT molecular complexity index is 533. The molecule has 1 aliphatic rings. The quantitative estimate of drug-likeness (QED) is 0.845.